The van der Waals surface area contributed by atoms with Crippen LogP contribution in [0.4, 0.5) is 21.0 Å². The molecule has 10 heteroatoms. The standard InChI is InChI=1S/C26H28N4O6/c1-25(2,3)35-23(31)27-17-7-10-21-16(11-17)14-22(29(21)24(32)36-26(4,5)6)20-13-15-12-18(30(33)34)8-9-19(15)28-20/h7-14,28H,1-6H3,(H,27,31). The Morgan fingerprint density at radius 3 is 2.25 bits per heavy atom. The monoisotopic (exact) mass is 492 g/mol. The van der Waals surface area contributed by atoms with Gasteiger partial charge in [0.25, 0.3) is 5.69 Å². The Kier molecular flexibility index (Phi) is 5.99. The number of nitrogens with zero attached hydrogens (tertiary/aromatic N) is 2. The molecule has 2 N–H and O–H groups in total. The average Bonchev–Trinajstić information content (AvgIpc) is 3.31. The third-order valence-corrected chi connectivity index (χ3v) is 5.11. The maximum atomic E-state index is 13.3. The van der Waals surface area contributed by atoms with Crippen molar-refractivity contribution < 1.29 is 24.0 Å². The maximum absolute atomic E-state index is 13.3. The summed E-state index contributed by atoms with van der Waals surface area (Å²) in [6, 6.07) is 13.2. The van der Waals surface area contributed by atoms with Gasteiger partial charge in [-0.3, -0.25) is 15.4 Å². The van der Waals surface area contributed by atoms with E-state index in [1.54, 1.807) is 77.9 Å². The summed E-state index contributed by atoms with van der Waals surface area (Å²) in [5.41, 5.74) is 1.43. The fraction of sp³-hybridized carbons (Fsp3) is 0.308. The summed E-state index contributed by atoms with van der Waals surface area (Å²) in [5, 5.41) is 15.2. The first-order valence-electron chi connectivity index (χ1n) is 11.4. The fourth-order valence-electron chi connectivity index (χ4n) is 3.79. The predicted octanol–water partition coefficient (Wildman–Crippen LogP) is 6.83. The molecule has 36 heavy (non-hydrogen) atoms. The third kappa shape index (κ3) is 5.32. The number of amides is 1. The van der Waals surface area contributed by atoms with Crippen molar-refractivity contribution >= 4 is 45.4 Å². The van der Waals surface area contributed by atoms with E-state index in [-0.39, 0.29) is 5.69 Å². The van der Waals surface area contributed by atoms with Crippen LogP contribution in [0, 0.1) is 10.1 Å². The second-order valence-electron chi connectivity index (χ2n) is 10.5. The quantitative estimate of drug-likeness (QED) is 0.238. The van der Waals surface area contributed by atoms with Crippen molar-refractivity contribution in [3.63, 3.8) is 0 Å². The molecule has 2 heterocycles. The van der Waals surface area contributed by atoms with E-state index in [4.69, 9.17) is 9.47 Å². The minimum atomic E-state index is -0.732. The highest BCUT2D eigenvalue weighted by Crippen LogP contribution is 2.33. The number of fused-ring (bicyclic) bond motifs is 2. The van der Waals surface area contributed by atoms with Gasteiger partial charge in [0.1, 0.15) is 11.2 Å². The first-order valence-corrected chi connectivity index (χ1v) is 11.4. The second-order valence-corrected chi connectivity index (χ2v) is 10.5. The molecule has 10 nitrogen and oxygen atoms in total. The van der Waals surface area contributed by atoms with E-state index in [0.717, 1.165) is 0 Å². The van der Waals surface area contributed by atoms with Crippen LogP contribution in [0.2, 0.25) is 0 Å². The van der Waals surface area contributed by atoms with Crippen LogP contribution in [0.25, 0.3) is 33.2 Å². The molecule has 4 rings (SSSR count). The smallest absolute Gasteiger partial charge is 0.419 e. The number of rotatable bonds is 3. The molecule has 0 unspecified atom stereocenters. The number of H-pyrrole nitrogens is 1. The fourth-order valence-corrected chi connectivity index (χ4v) is 3.79. The van der Waals surface area contributed by atoms with Crippen LogP contribution in [0.5, 0.6) is 0 Å². The van der Waals surface area contributed by atoms with Gasteiger partial charge >= 0.3 is 12.2 Å². The van der Waals surface area contributed by atoms with Crippen LogP contribution in [-0.4, -0.2) is 37.9 Å². The molecule has 0 aliphatic heterocycles. The number of ether oxygens (including phenoxy) is 2. The van der Waals surface area contributed by atoms with Gasteiger partial charge in [-0.15, -0.1) is 0 Å². The van der Waals surface area contributed by atoms with Gasteiger partial charge in [0.05, 0.1) is 21.8 Å². The molecule has 0 fully saturated rings. The molecule has 1 amide bonds. The SMILES string of the molecule is CC(C)(C)OC(=O)Nc1ccc2c(c1)cc(-c1cc3cc([N+](=O)[O-])ccc3[nH]1)n2C(=O)OC(C)(C)C. The summed E-state index contributed by atoms with van der Waals surface area (Å²) in [5.74, 6) is 0. The minimum Gasteiger partial charge on any atom is -0.444 e. The van der Waals surface area contributed by atoms with Gasteiger partial charge in [-0.25, -0.2) is 14.2 Å². The van der Waals surface area contributed by atoms with Gasteiger partial charge in [-0.1, -0.05) is 0 Å². The Morgan fingerprint density at radius 1 is 0.917 bits per heavy atom. The summed E-state index contributed by atoms with van der Waals surface area (Å²) in [7, 11) is 0. The summed E-state index contributed by atoms with van der Waals surface area (Å²) in [4.78, 5) is 39.5. The molecule has 4 aromatic rings. The number of nitro benzene ring substituents is 1. The highest BCUT2D eigenvalue weighted by molar-refractivity contribution is 6.00. The van der Waals surface area contributed by atoms with Gasteiger partial charge in [-0.05, 0) is 77.9 Å². The summed E-state index contributed by atoms with van der Waals surface area (Å²) < 4.78 is 12.4. The highest BCUT2D eigenvalue weighted by atomic mass is 16.6. The number of hydrogen-bond donors (Lipinski definition) is 2. The minimum absolute atomic E-state index is 0.0291. The molecule has 0 atom stereocenters. The van der Waals surface area contributed by atoms with Crippen molar-refractivity contribution in [2.45, 2.75) is 52.7 Å². The number of carbonyl (C=O) groups is 2. The summed E-state index contributed by atoms with van der Waals surface area (Å²) in [6.45, 7) is 10.7. The summed E-state index contributed by atoms with van der Waals surface area (Å²) in [6.07, 6.45) is -1.17. The Labute approximate surface area is 207 Å². The molecule has 0 saturated carbocycles. The first-order chi connectivity index (χ1) is 16.7. The number of aromatic amines is 1. The lowest BCUT2D eigenvalue weighted by Crippen LogP contribution is -2.27. The number of anilines is 1. The van der Waals surface area contributed by atoms with Crippen LogP contribution < -0.4 is 5.32 Å². The number of hydrogen-bond acceptors (Lipinski definition) is 6. The predicted molar refractivity (Wildman–Crippen MR) is 137 cm³/mol. The van der Waals surface area contributed by atoms with Crippen LogP contribution in [0.3, 0.4) is 0 Å². The molecule has 0 aliphatic carbocycles. The largest absolute Gasteiger partial charge is 0.444 e. The number of non-ortho nitro benzene ring substituents is 1. The van der Waals surface area contributed by atoms with Crippen molar-refractivity contribution in [2.75, 3.05) is 5.32 Å². The zero-order valence-corrected chi connectivity index (χ0v) is 21.0. The molecule has 0 radical (unpaired) electrons. The van der Waals surface area contributed by atoms with Crippen LogP contribution in [0.15, 0.2) is 48.5 Å². The van der Waals surface area contributed by atoms with Crippen molar-refractivity contribution in [3.8, 4) is 11.4 Å². The Bertz CT molecular complexity index is 1500. The average molecular weight is 493 g/mol. The Hall–Kier alpha value is -4.34. The van der Waals surface area contributed by atoms with Crippen molar-refractivity contribution in [2.24, 2.45) is 0 Å². The van der Waals surface area contributed by atoms with E-state index >= 15 is 0 Å². The van der Waals surface area contributed by atoms with Crippen LogP contribution >= 0.6 is 0 Å². The van der Waals surface area contributed by atoms with E-state index in [1.165, 1.54) is 16.7 Å². The van der Waals surface area contributed by atoms with Crippen molar-refractivity contribution in [1.82, 2.24) is 9.55 Å². The molecule has 0 aliphatic rings. The lowest BCUT2D eigenvalue weighted by Gasteiger charge is -2.21. The Morgan fingerprint density at radius 2 is 1.61 bits per heavy atom. The molecule has 188 valence electrons. The normalized spacial score (nSPS) is 12.1. The first kappa shape index (κ1) is 24.8. The molecule has 0 spiro atoms. The Balaban J connectivity index is 1.82. The lowest BCUT2D eigenvalue weighted by atomic mass is 10.2. The number of nitrogens with one attached hydrogen (secondary N) is 2. The van der Waals surface area contributed by atoms with E-state index < -0.39 is 28.3 Å². The van der Waals surface area contributed by atoms with Crippen molar-refractivity contribution in [1.29, 1.82) is 0 Å². The van der Waals surface area contributed by atoms with Gasteiger partial charge in [0.2, 0.25) is 0 Å². The van der Waals surface area contributed by atoms with Gasteiger partial charge in [-0.2, -0.15) is 0 Å². The number of nitro groups is 1. The molecule has 0 saturated heterocycles. The molecular formula is C26H28N4O6. The lowest BCUT2D eigenvalue weighted by molar-refractivity contribution is -0.384. The van der Waals surface area contributed by atoms with E-state index in [9.17, 15) is 19.7 Å². The van der Waals surface area contributed by atoms with Gasteiger partial charge in [0, 0.05) is 34.1 Å². The number of benzene rings is 2. The number of aromatic nitrogens is 2. The molecule has 2 aromatic carbocycles. The number of carbonyl (C=O) groups excluding carboxylic acids is 2. The van der Waals surface area contributed by atoms with Crippen LogP contribution in [-0.2, 0) is 9.47 Å². The van der Waals surface area contributed by atoms with Crippen molar-refractivity contribution in [3.05, 3.63) is 58.6 Å². The van der Waals surface area contributed by atoms with Crippen LogP contribution in [0.1, 0.15) is 41.5 Å². The van der Waals surface area contributed by atoms with E-state index in [2.05, 4.69) is 10.3 Å². The zero-order chi connectivity index (χ0) is 26.4. The molecular weight excluding hydrogens is 464 g/mol. The van der Waals surface area contributed by atoms with E-state index in [0.29, 0.717) is 38.9 Å². The highest BCUT2D eigenvalue weighted by Gasteiger charge is 2.24. The third-order valence-electron chi connectivity index (χ3n) is 5.11. The second kappa shape index (κ2) is 8.71. The zero-order valence-electron chi connectivity index (χ0n) is 21.0. The molecule has 2 aromatic heterocycles. The van der Waals surface area contributed by atoms with Gasteiger partial charge < -0.3 is 14.5 Å². The van der Waals surface area contributed by atoms with Gasteiger partial charge in [0.15, 0.2) is 0 Å². The molecule has 0 bridgehead atoms. The maximum Gasteiger partial charge on any atom is 0.419 e. The van der Waals surface area contributed by atoms with E-state index in [1.807, 2.05) is 0 Å². The topological polar surface area (TPSA) is 128 Å². The summed E-state index contributed by atoms with van der Waals surface area (Å²) >= 11 is 0.